The number of ether oxygens (including phenoxy) is 2. The third-order valence-corrected chi connectivity index (χ3v) is 16.1. The summed E-state index contributed by atoms with van der Waals surface area (Å²) in [6, 6.07) is 0.0265. The Balaban J connectivity index is 1.12. The lowest BCUT2D eigenvalue weighted by molar-refractivity contribution is -0.143. The van der Waals surface area contributed by atoms with Crippen LogP contribution in [0.1, 0.15) is 114 Å². The normalized spacial score (nSPS) is 30.6. The van der Waals surface area contributed by atoms with Crippen LogP contribution < -0.4 is 20.1 Å². The molecule has 4 fully saturated rings. The van der Waals surface area contributed by atoms with Crippen molar-refractivity contribution in [2.45, 2.75) is 151 Å². The molecule has 8 rings (SSSR count). The van der Waals surface area contributed by atoms with E-state index in [9.17, 15) is 36.7 Å². The standard InChI is InChI=1S/C42H55F2N5O8S/c1-25-35-28(29-20-30(43)31(44)21-33(29)45-25)15-16-41(57-35)22-34-36(50)47-42(38(52)48-58(54,55)40(2)18-19-40)17-14-27(42)12-6-4-3-5-7-13-32(37(51)49(34)24-41)46-39(53)56-23-26-10-8-9-11-26/h6,12,20-21,26-27,32,34,38,48,52H,3-5,7-11,13-19,22-24H2,1-2H3,(H,46,53)(H,47,50). The monoisotopic (exact) mass is 827 g/mol. The third-order valence-electron chi connectivity index (χ3n) is 13.9. The first-order chi connectivity index (χ1) is 27.6. The van der Waals surface area contributed by atoms with Crippen LogP contribution in [0.15, 0.2) is 24.3 Å². The van der Waals surface area contributed by atoms with Crippen LogP contribution in [-0.2, 0) is 30.8 Å². The van der Waals surface area contributed by atoms with Crippen LogP contribution in [0.2, 0.25) is 0 Å². The van der Waals surface area contributed by atoms with Gasteiger partial charge in [0.05, 0.1) is 34.6 Å². The van der Waals surface area contributed by atoms with Crippen LogP contribution in [0.5, 0.6) is 5.75 Å². The summed E-state index contributed by atoms with van der Waals surface area (Å²) in [5.41, 5.74) is -1.11. The number of carbonyl (C=O) groups excluding carboxylic acids is 3. The molecule has 6 unspecified atom stereocenters. The lowest BCUT2D eigenvalue weighted by Gasteiger charge is -2.52. The highest BCUT2D eigenvalue weighted by molar-refractivity contribution is 7.91. The molecule has 1 aromatic carbocycles. The first-order valence-electron chi connectivity index (χ1n) is 21.0. The Morgan fingerprint density at radius 3 is 2.53 bits per heavy atom. The lowest BCUT2D eigenvalue weighted by atomic mass is 9.65. The number of hydrogen-bond donors (Lipinski definition) is 4. The van der Waals surface area contributed by atoms with Gasteiger partial charge in [0, 0.05) is 29.4 Å². The highest BCUT2D eigenvalue weighted by Crippen LogP contribution is 2.48. The Labute approximate surface area is 338 Å². The highest BCUT2D eigenvalue weighted by Gasteiger charge is 2.59. The highest BCUT2D eigenvalue weighted by atomic mass is 32.2. The number of aryl methyl sites for hydroxylation is 2. The van der Waals surface area contributed by atoms with Crippen LogP contribution >= 0.6 is 0 Å². The summed E-state index contributed by atoms with van der Waals surface area (Å²) >= 11 is 0. The van der Waals surface area contributed by atoms with Gasteiger partial charge in [-0.3, -0.25) is 9.59 Å². The minimum atomic E-state index is -3.94. The second-order valence-electron chi connectivity index (χ2n) is 17.9. The number of nitrogens with one attached hydrogen (secondary N) is 3. The van der Waals surface area contributed by atoms with Gasteiger partial charge < -0.3 is 30.1 Å². The predicted octanol–water partition coefficient (Wildman–Crippen LogP) is 5.35. The lowest BCUT2D eigenvalue weighted by Crippen LogP contribution is -2.72. The van der Waals surface area contributed by atoms with Crippen molar-refractivity contribution in [3.05, 3.63) is 47.2 Å². The average Bonchev–Trinajstić information content (AvgIpc) is 3.55. The molecule has 3 amide bonds. The van der Waals surface area contributed by atoms with E-state index in [0.29, 0.717) is 73.8 Å². The molecular formula is C42H55F2N5O8S. The number of alkyl carbamates (subject to hydrolysis) is 1. The Kier molecular flexibility index (Phi) is 11.0. The molecular weight excluding hydrogens is 773 g/mol. The summed E-state index contributed by atoms with van der Waals surface area (Å²) in [7, 11) is -3.94. The van der Waals surface area contributed by atoms with Gasteiger partial charge >= 0.3 is 6.09 Å². The van der Waals surface area contributed by atoms with Crippen molar-refractivity contribution in [2.75, 3.05) is 13.2 Å². The Morgan fingerprint density at radius 2 is 1.81 bits per heavy atom. The number of allylic oxidation sites excluding steroid dienone is 1. The van der Waals surface area contributed by atoms with Crippen molar-refractivity contribution >= 4 is 38.8 Å². The number of aliphatic hydroxyl groups is 1. The molecule has 4 N–H and O–H groups in total. The van der Waals surface area contributed by atoms with Gasteiger partial charge in [0.2, 0.25) is 21.8 Å². The number of halogens is 2. The van der Waals surface area contributed by atoms with Gasteiger partial charge in [-0.15, -0.1) is 0 Å². The van der Waals surface area contributed by atoms with E-state index in [1.165, 1.54) is 4.90 Å². The smallest absolute Gasteiger partial charge is 0.407 e. The third kappa shape index (κ3) is 7.68. The van der Waals surface area contributed by atoms with Crippen LogP contribution in [-0.4, -0.2) is 88.7 Å². The first-order valence-corrected chi connectivity index (χ1v) is 22.5. The van der Waals surface area contributed by atoms with E-state index in [1.807, 2.05) is 12.2 Å². The fourth-order valence-electron chi connectivity index (χ4n) is 9.78. The summed E-state index contributed by atoms with van der Waals surface area (Å²) in [6.07, 6.45) is 11.5. The molecule has 1 spiro atoms. The van der Waals surface area contributed by atoms with Crippen molar-refractivity contribution in [3.8, 4) is 5.75 Å². The van der Waals surface area contributed by atoms with Crippen molar-refractivity contribution in [1.29, 1.82) is 0 Å². The summed E-state index contributed by atoms with van der Waals surface area (Å²) in [5, 5.41) is 18.1. The van der Waals surface area contributed by atoms with Crippen molar-refractivity contribution in [1.82, 2.24) is 25.2 Å². The zero-order valence-corrected chi connectivity index (χ0v) is 34.1. The molecule has 6 aliphatic rings. The average molecular weight is 828 g/mol. The van der Waals surface area contributed by atoms with E-state index in [0.717, 1.165) is 50.7 Å². The molecule has 0 radical (unpaired) electrons. The van der Waals surface area contributed by atoms with Crippen LogP contribution in [0, 0.1) is 30.4 Å². The number of amides is 3. The summed E-state index contributed by atoms with van der Waals surface area (Å²) in [5.74, 6) is -2.82. The van der Waals surface area contributed by atoms with E-state index in [4.69, 9.17) is 9.47 Å². The largest absolute Gasteiger partial charge is 0.483 e. The first kappa shape index (κ1) is 40.9. The van der Waals surface area contributed by atoms with Gasteiger partial charge in [-0.05, 0) is 96.5 Å². The topological polar surface area (TPSA) is 176 Å². The summed E-state index contributed by atoms with van der Waals surface area (Å²) in [6.45, 7) is 3.57. The van der Waals surface area contributed by atoms with E-state index < -0.39 is 73.8 Å². The quantitative estimate of drug-likeness (QED) is 0.212. The molecule has 0 bridgehead atoms. The van der Waals surface area contributed by atoms with Crippen LogP contribution in [0.4, 0.5) is 13.6 Å². The molecule has 3 aliphatic carbocycles. The molecule has 3 saturated carbocycles. The number of rotatable bonds is 7. The molecule has 2 aromatic rings. The van der Waals surface area contributed by atoms with E-state index >= 15 is 0 Å². The molecule has 58 heavy (non-hydrogen) atoms. The van der Waals surface area contributed by atoms with Gasteiger partial charge in [0.1, 0.15) is 29.7 Å². The molecule has 1 saturated heterocycles. The van der Waals surface area contributed by atoms with E-state index in [2.05, 4.69) is 20.3 Å². The Hall–Kier alpha value is -3.89. The molecule has 3 aliphatic heterocycles. The fourth-order valence-corrected chi connectivity index (χ4v) is 11.2. The van der Waals surface area contributed by atoms with E-state index in [-0.39, 0.29) is 43.3 Å². The summed E-state index contributed by atoms with van der Waals surface area (Å²) in [4.78, 5) is 48.9. The number of aliphatic hydroxyl groups excluding tert-OH is 1. The SMILES string of the molecule is Cc1nc2cc(F)c(F)cc2c2c1OC1(CC2)CC2C(=O)NC3(C(O)NS(=O)(=O)C4(C)CC4)CCC3C=CCCCCCC(NC(=O)OCC3CCCC3)C(=O)N2C1. The van der Waals surface area contributed by atoms with Crippen molar-refractivity contribution in [3.63, 3.8) is 0 Å². The van der Waals surface area contributed by atoms with Crippen molar-refractivity contribution < 1.29 is 46.2 Å². The maximum Gasteiger partial charge on any atom is 0.407 e. The van der Waals surface area contributed by atoms with Gasteiger partial charge in [-0.1, -0.05) is 37.8 Å². The number of hydrogen-bond acceptors (Lipinski definition) is 9. The second kappa shape index (κ2) is 15.6. The van der Waals surface area contributed by atoms with Gasteiger partial charge in [-0.2, -0.15) is 4.72 Å². The van der Waals surface area contributed by atoms with Crippen molar-refractivity contribution in [2.24, 2.45) is 11.8 Å². The maximum atomic E-state index is 14.8. The number of fused-ring (bicyclic) bond motifs is 5. The minimum Gasteiger partial charge on any atom is -0.483 e. The van der Waals surface area contributed by atoms with Gasteiger partial charge in [-0.25, -0.2) is 27.0 Å². The number of nitrogens with zero attached hydrogens (tertiary/aromatic N) is 2. The van der Waals surface area contributed by atoms with Crippen LogP contribution in [0.3, 0.4) is 0 Å². The number of pyridine rings is 1. The zero-order valence-electron chi connectivity index (χ0n) is 33.3. The minimum absolute atomic E-state index is 0.0300. The zero-order chi connectivity index (χ0) is 41.0. The molecule has 16 heteroatoms. The fraction of sp³-hybridized carbons (Fsp3) is 0.667. The predicted molar refractivity (Wildman–Crippen MR) is 210 cm³/mol. The molecule has 4 heterocycles. The molecule has 6 atom stereocenters. The number of sulfonamides is 1. The van der Waals surface area contributed by atoms with Gasteiger partial charge in [0.25, 0.3) is 0 Å². The second-order valence-corrected chi connectivity index (χ2v) is 20.1. The maximum absolute atomic E-state index is 14.8. The Bertz CT molecular complexity index is 2110. The number of carbonyl (C=O) groups is 3. The van der Waals surface area contributed by atoms with E-state index in [1.54, 1.807) is 13.8 Å². The van der Waals surface area contributed by atoms with Gasteiger partial charge in [0.15, 0.2) is 11.6 Å². The van der Waals surface area contributed by atoms with Crippen LogP contribution in [0.25, 0.3) is 10.9 Å². The number of benzene rings is 1. The molecule has 316 valence electrons. The molecule has 13 nitrogen and oxygen atoms in total. The molecule has 1 aromatic heterocycles. The Morgan fingerprint density at radius 1 is 1.07 bits per heavy atom. The number of aromatic nitrogens is 1. The summed E-state index contributed by atoms with van der Waals surface area (Å²) < 4.78 is 69.4.